The monoisotopic (exact) mass is 379 g/mol. The predicted molar refractivity (Wildman–Crippen MR) is 105 cm³/mol. The van der Waals surface area contributed by atoms with E-state index in [-0.39, 0.29) is 24.5 Å². The Morgan fingerprint density at radius 3 is 2.39 bits per heavy atom. The Kier molecular flexibility index (Phi) is 4.73. The van der Waals surface area contributed by atoms with Crippen molar-refractivity contribution in [3.63, 3.8) is 0 Å². The van der Waals surface area contributed by atoms with Crippen LogP contribution < -0.4 is 15.5 Å². The Morgan fingerprint density at radius 1 is 1.00 bits per heavy atom. The summed E-state index contributed by atoms with van der Waals surface area (Å²) < 4.78 is 0. The number of benzene rings is 2. The van der Waals surface area contributed by atoms with Crippen LogP contribution in [0.1, 0.15) is 28.8 Å². The van der Waals surface area contributed by atoms with Gasteiger partial charge in [0.2, 0.25) is 0 Å². The maximum atomic E-state index is 13.1. The summed E-state index contributed by atoms with van der Waals surface area (Å²) in [7, 11) is 0. The van der Waals surface area contributed by atoms with Crippen LogP contribution in [0.5, 0.6) is 0 Å². The van der Waals surface area contributed by atoms with Gasteiger partial charge in [-0.25, -0.2) is 4.79 Å². The van der Waals surface area contributed by atoms with Gasteiger partial charge in [0.25, 0.3) is 5.91 Å². The Labute approximate surface area is 162 Å². The van der Waals surface area contributed by atoms with Crippen molar-refractivity contribution in [2.24, 2.45) is 5.92 Å². The van der Waals surface area contributed by atoms with E-state index < -0.39 is 11.9 Å². The molecule has 3 amide bonds. The third-order valence-electron chi connectivity index (χ3n) is 5.05. The molecule has 4 rings (SSSR count). The first-order valence-electron chi connectivity index (χ1n) is 9.31. The first-order valence-corrected chi connectivity index (χ1v) is 9.31. The van der Waals surface area contributed by atoms with Gasteiger partial charge in [0, 0.05) is 29.5 Å². The van der Waals surface area contributed by atoms with Gasteiger partial charge in [0.05, 0.1) is 5.92 Å². The number of amides is 3. The van der Waals surface area contributed by atoms with Crippen molar-refractivity contribution in [2.75, 3.05) is 16.8 Å². The molecule has 7 heteroatoms. The molecule has 0 spiro atoms. The number of urea groups is 1. The van der Waals surface area contributed by atoms with Gasteiger partial charge in [-0.2, -0.15) is 0 Å². The summed E-state index contributed by atoms with van der Waals surface area (Å²) in [5, 5.41) is 15.0. The number of anilines is 2. The lowest BCUT2D eigenvalue weighted by molar-refractivity contribution is -0.141. The van der Waals surface area contributed by atoms with Gasteiger partial charge >= 0.3 is 12.0 Å². The van der Waals surface area contributed by atoms with Crippen molar-refractivity contribution in [1.29, 1.82) is 0 Å². The summed E-state index contributed by atoms with van der Waals surface area (Å²) in [6.45, 7) is 0.134. The van der Waals surface area contributed by atoms with Gasteiger partial charge in [-0.3, -0.25) is 9.59 Å². The number of carboxylic acids is 1. The average molecular weight is 379 g/mol. The average Bonchev–Trinajstić information content (AvgIpc) is 3.51. The number of carboxylic acid groups (broad SMARTS) is 1. The molecule has 0 bridgehead atoms. The number of aliphatic carboxylic acids is 1. The second-order valence-electron chi connectivity index (χ2n) is 7.23. The van der Waals surface area contributed by atoms with E-state index >= 15 is 0 Å². The number of para-hydroxylation sites is 1. The maximum Gasteiger partial charge on any atom is 0.319 e. The van der Waals surface area contributed by atoms with E-state index in [0.29, 0.717) is 17.7 Å². The summed E-state index contributed by atoms with van der Waals surface area (Å²) >= 11 is 0. The van der Waals surface area contributed by atoms with E-state index in [1.165, 1.54) is 4.90 Å². The predicted octanol–water partition coefficient (Wildman–Crippen LogP) is 2.87. The largest absolute Gasteiger partial charge is 0.481 e. The molecule has 1 saturated carbocycles. The Balaban J connectivity index is 1.51. The number of carbonyl (C=O) groups is 3. The SMILES string of the molecule is O=C(Nc1ccc(C(=O)N2C[C@@H](C(=O)O)Cc3ccccc32)cc1)NC1CC1. The van der Waals surface area contributed by atoms with Crippen LogP contribution >= 0.6 is 0 Å². The standard InChI is InChI=1S/C21H21N3O4/c25-19(13-5-7-16(8-6-13)22-21(28)23-17-9-10-17)24-12-15(20(26)27)11-14-3-1-2-4-18(14)24/h1-8,15,17H,9-12H2,(H,26,27)(H2,22,23,28)/t15-/m0/s1. The van der Waals surface area contributed by atoms with Gasteiger partial charge < -0.3 is 20.6 Å². The fraction of sp³-hybridized carbons (Fsp3) is 0.286. The molecule has 2 aliphatic rings. The van der Waals surface area contributed by atoms with Crippen LogP contribution in [0.15, 0.2) is 48.5 Å². The highest BCUT2D eigenvalue weighted by atomic mass is 16.4. The van der Waals surface area contributed by atoms with E-state index in [1.807, 2.05) is 24.3 Å². The lowest BCUT2D eigenvalue weighted by Crippen LogP contribution is -2.42. The number of hydrogen-bond acceptors (Lipinski definition) is 3. The van der Waals surface area contributed by atoms with Crippen LogP contribution in [0.4, 0.5) is 16.2 Å². The van der Waals surface area contributed by atoms with E-state index in [1.54, 1.807) is 24.3 Å². The molecule has 2 aromatic rings. The lowest BCUT2D eigenvalue weighted by atomic mass is 9.92. The van der Waals surface area contributed by atoms with Crippen LogP contribution in [0.3, 0.4) is 0 Å². The minimum atomic E-state index is -0.909. The van der Waals surface area contributed by atoms with Crippen molar-refractivity contribution in [1.82, 2.24) is 5.32 Å². The number of nitrogens with one attached hydrogen (secondary N) is 2. The molecule has 28 heavy (non-hydrogen) atoms. The Bertz CT molecular complexity index is 922. The number of rotatable bonds is 4. The highest BCUT2D eigenvalue weighted by molar-refractivity contribution is 6.07. The van der Waals surface area contributed by atoms with E-state index in [0.717, 1.165) is 24.1 Å². The third kappa shape index (κ3) is 3.83. The van der Waals surface area contributed by atoms with Crippen molar-refractivity contribution >= 4 is 29.3 Å². The molecular formula is C21H21N3O4. The van der Waals surface area contributed by atoms with Crippen LogP contribution in [0.25, 0.3) is 0 Å². The van der Waals surface area contributed by atoms with Gasteiger partial charge in [0.15, 0.2) is 0 Å². The van der Waals surface area contributed by atoms with E-state index in [4.69, 9.17) is 0 Å². The summed E-state index contributed by atoms with van der Waals surface area (Å²) in [4.78, 5) is 37.9. The zero-order valence-corrected chi connectivity index (χ0v) is 15.2. The molecule has 0 unspecified atom stereocenters. The highest BCUT2D eigenvalue weighted by Crippen LogP contribution is 2.31. The third-order valence-corrected chi connectivity index (χ3v) is 5.05. The highest BCUT2D eigenvalue weighted by Gasteiger charge is 2.32. The topological polar surface area (TPSA) is 98.7 Å². The summed E-state index contributed by atoms with van der Waals surface area (Å²) in [5.41, 5.74) is 2.63. The number of hydrogen-bond donors (Lipinski definition) is 3. The molecule has 1 atom stereocenters. The van der Waals surface area contributed by atoms with E-state index in [9.17, 15) is 19.5 Å². The van der Waals surface area contributed by atoms with Crippen LogP contribution in [-0.2, 0) is 11.2 Å². The van der Waals surface area contributed by atoms with Crippen LogP contribution in [0, 0.1) is 5.92 Å². The molecule has 1 fully saturated rings. The minimum absolute atomic E-state index is 0.134. The zero-order valence-electron chi connectivity index (χ0n) is 15.2. The van der Waals surface area contributed by atoms with Crippen LogP contribution in [-0.4, -0.2) is 35.6 Å². The summed E-state index contributed by atoms with van der Waals surface area (Å²) in [5.74, 6) is -1.80. The molecule has 0 aromatic heterocycles. The van der Waals surface area contributed by atoms with Gasteiger partial charge in [-0.15, -0.1) is 0 Å². The summed E-state index contributed by atoms with van der Waals surface area (Å²) in [6.07, 6.45) is 2.43. The molecule has 2 aromatic carbocycles. The molecule has 0 radical (unpaired) electrons. The quantitative estimate of drug-likeness (QED) is 0.761. The van der Waals surface area contributed by atoms with Gasteiger partial charge in [-0.05, 0) is 55.2 Å². The fourth-order valence-electron chi connectivity index (χ4n) is 3.39. The van der Waals surface area contributed by atoms with Gasteiger partial charge in [-0.1, -0.05) is 18.2 Å². The minimum Gasteiger partial charge on any atom is -0.481 e. The van der Waals surface area contributed by atoms with Crippen molar-refractivity contribution in [2.45, 2.75) is 25.3 Å². The first-order chi connectivity index (χ1) is 13.5. The Morgan fingerprint density at radius 2 is 1.71 bits per heavy atom. The number of nitrogens with zero attached hydrogens (tertiary/aromatic N) is 1. The molecule has 3 N–H and O–H groups in total. The molecular weight excluding hydrogens is 358 g/mol. The fourth-order valence-corrected chi connectivity index (χ4v) is 3.39. The second kappa shape index (κ2) is 7.34. The molecule has 1 aliphatic carbocycles. The van der Waals surface area contributed by atoms with Crippen molar-refractivity contribution in [3.8, 4) is 0 Å². The summed E-state index contributed by atoms with van der Waals surface area (Å²) in [6, 6.07) is 14.0. The zero-order chi connectivity index (χ0) is 19.7. The number of carbonyl (C=O) groups excluding carboxylic acids is 2. The Hall–Kier alpha value is -3.35. The van der Waals surface area contributed by atoms with E-state index in [2.05, 4.69) is 10.6 Å². The first kappa shape index (κ1) is 18.0. The van der Waals surface area contributed by atoms with Crippen molar-refractivity contribution in [3.05, 3.63) is 59.7 Å². The molecule has 1 heterocycles. The second-order valence-corrected chi connectivity index (χ2v) is 7.23. The molecule has 0 saturated heterocycles. The molecule has 1 aliphatic heterocycles. The molecule has 144 valence electrons. The normalized spacial score (nSPS) is 18.1. The number of fused-ring (bicyclic) bond motifs is 1. The maximum absolute atomic E-state index is 13.1. The smallest absolute Gasteiger partial charge is 0.319 e. The van der Waals surface area contributed by atoms with Gasteiger partial charge in [0.1, 0.15) is 0 Å². The van der Waals surface area contributed by atoms with Crippen molar-refractivity contribution < 1.29 is 19.5 Å². The molecule has 7 nitrogen and oxygen atoms in total. The van der Waals surface area contributed by atoms with Crippen LogP contribution in [0.2, 0.25) is 0 Å². The lowest BCUT2D eigenvalue weighted by Gasteiger charge is -2.33.